The molecular weight excluding hydrogens is 299 g/mol. The first-order valence-electron chi connectivity index (χ1n) is 5.88. The minimum Gasteiger partial charge on any atom is -0.508 e. The zero-order chi connectivity index (χ0) is 14.9. The van der Waals surface area contributed by atoms with Gasteiger partial charge >= 0.3 is 0 Å². The van der Waals surface area contributed by atoms with E-state index < -0.39 is 12.1 Å². The van der Waals surface area contributed by atoms with E-state index >= 15 is 0 Å². The van der Waals surface area contributed by atoms with Crippen LogP contribution in [0.15, 0.2) is 36.4 Å². The molecule has 2 aromatic carbocycles. The first-order valence-corrected chi connectivity index (χ1v) is 6.63. The summed E-state index contributed by atoms with van der Waals surface area (Å²) < 4.78 is 0. The Bertz CT molecular complexity index is 611. The van der Waals surface area contributed by atoms with Gasteiger partial charge in [0.05, 0.1) is 16.1 Å². The maximum Gasteiger partial charge on any atom is 0.118 e. The van der Waals surface area contributed by atoms with Crippen LogP contribution in [0.3, 0.4) is 0 Å². The summed E-state index contributed by atoms with van der Waals surface area (Å²) in [7, 11) is 0. The number of rotatable bonds is 3. The third-order valence-corrected chi connectivity index (χ3v) is 3.66. The Morgan fingerprint density at radius 2 is 1.45 bits per heavy atom. The van der Waals surface area contributed by atoms with Crippen LogP contribution in [0.4, 0.5) is 0 Å². The average molecular weight is 313 g/mol. The van der Waals surface area contributed by atoms with Crippen LogP contribution >= 0.6 is 23.2 Å². The van der Waals surface area contributed by atoms with Gasteiger partial charge in [-0.25, -0.2) is 0 Å². The fourth-order valence-corrected chi connectivity index (χ4v) is 2.74. The molecule has 20 heavy (non-hydrogen) atoms. The monoisotopic (exact) mass is 312 g/mol. The molecule has 0 spiro atoms. The van der Waals surface area contributed by atoms with E-state index in [-0.39, 0.29) is 21.5 Å². The molecule has 0 radical (unpaired) electrons. The van der Waals surface area contributed by atoms with Gasteiger partial charge in [-0.05, 0) is 29.8 Å². The number of aromatic hydroxyl groups is 2. The molecule has 0 saturated carbocycles. The van der Waals surface area contributed by atoms with Gasteiger partial charge in [0, 0.05) is 11.6 Å². The molecule has 0 aliphatic rings. The van der Waals surface area contributed by atoms with E-state index in [0.29, 0.717) is 11.1 Å². The van der Waals surface area contributed by atoms with Crippen LogP contribution in [0.5, 0.6) is 11.5 Å². The Balaban J connectivity index is 2.38. The fourth-order valence-electron chi connectivity index (χ4n) is 2.01. The average Bonchev–Trinajstić information content (AvgIpc) is 2.36. The van der Waals surface area contributed by atoms with Gasteiger partial charge in [0.15, 0.2) is 0 Å². The van der Waals surface area contributed by atoms with E-state index in [0.717, 1.165) is 0 Å². The van der Waals surface area contributed by atoms with Crippen LogP contribution in [0, 0.1) is 0 Å². The summed E-state index contributed by atoms with van der Waals surface area (Å²) in [6.07, 6.45) is 0. The van der Waals surface area contributed by atoms with Gasteiger partial charge in [-0.2, -0.15) is 0 Å². The molecule has 0 aliphatic carbocycles. The number of halogens is 2. The second kappa shape index (κ2) is 5.89. The Morgan fingerprint density at radius 3 is 2.00 bits per heavy atom. The topological polar surface area (TPSA) is 92.5 Å². The molecule has 6 N–H and O–H groups in total. The van der Waals surface area contributed by atoms with E-state index in [9.17, 15) is 10.2 Å². The van der Waals surface area contributed by atoms with Crippen LogP contribution in [0.1, 0.15) is 23.2 Å². The maximum absolute atomic E-state index is 9.48. The lowest BCUT2D eigenvalue weighted by molar-refractivity contribution is 0.471. The molecule has 0 aliphatic heterocycles. The van der Waals surface area contributed by atoms with Crippen molar-refractivity contribution in [2.75, 3.05) is 0 Å². The third-order valence-electron chi connectivity index (χ3n) is 3.04. The number of phenolic OH excluding ortho intramolecular Hbond substituents is 2. The summed E-state index contributed by atoms with van der Waals surface area (Å²) in [5.74, 6) is 0.0647. The molecule has 2 unspecified atom stereocenters. The molecule has 2 atom stereocenters. The molecule has 4 nitrogen and oxygen atoms in total. The molecule has 6 heteroatoms. The SMILES string of the molecule is NC(c1cccc(O)c1)C(N)c1c(Cl)cc(O)cc1Cl. The predicted octanol–water partition coefficient (Wildman–Crippen LogP) is 3.10. The molecule has 0 fully saturated rings. The van der Waals surface area contributed by atoms with Crippen molar-refractivity contribution < 1.29 is 10.2 Å². The van der Waals surface area contributed by atoms with E-state index in [1.54, 1.807) is 18.2 Å². The highest BCUT2D eigenvalue weighted by Gasteiger charge is 2.23. The highest BCUT2D eigenvalue weighted by atomic mass is 35.5. The summed E-state index contributed by atoms with van der Waals surface area (Å²) in [5.41, 5.74) is 13.3. The molecular formula is C14H14Cl2N2O2. The van der Waals surface area contributed by atoms with Crippen LogP contribution in [-0.2, 0) is 0 Å². The highest BCUT2D eigenvalue weighted by molar-refractivity contribution is 6.36. The molecule has 0 aromatic heterocycles. The summed E-state index contributed by atoms with van der Waals surface area (Å²) >= 11 is 12.1. The summed E-state index contributed by atoms with van der Waals surface area (Å²) in [5, 5.41) is 19.4. The van der Waals surface area contributed by atoms with E-state index in [4.69, 9.17) is 34.7 Å². The van der Waals surface area contributed by atoms with Crippen molar-refractivity contribution >= 4 is 23.2 Å². The van der Waals surface area contributed by atoms with Crippen LogP contribution in [0.25, 0.3) is 0 Å². The van der Waals surface area contributed by atoms with Gasteiger partial charge in [-0.3, -0.25) is 0 Å². The van der Waals surface area contributed by atoms with Crippen LogP contribution in [-0.4, -0.2) is 10.2 Å². The first-order chi connectivity index (χ1) is 9.40. The van der Waals surface area contributed by atoms with Crippen molar-refractivity contribution in [3.05, 3.63) is 57.6 Å². The molecule has 0 heterocycles. The Kier molecular flexibility index (Phi) is 4.40. The third kappa shape index (κ3) is 2.99. The molecule has 0 amide bonds. The second-order valence-corrected chi connectivity index (χ2v) is 5.28. The molecule has 2 aromatic rings. The number of hydrogen-bond donors (Lipinski definition) is 4. The Morgan fingerprint density at radius 1 is 0.850 bits per heavy atom. The van der Waals surface area contributed by atoms with Gasteiger partial charge in [0.1, 0.15) is 11.5 Å². The van der Waals surface area contributed by atoms with Crippen molar-refractivity contribution in [3.8, 4) is 11.5 Å². The lowest BCUT2D eigenvalue weighted by Crippen LogP contribution is -2.27. The van der Waals surface area contributed by atoms with Crippen LogP contribution < -0.4 is 11.5 Å². The van der Waals surface area contributed by atoms with Crippen molar-refractivity contribution in [1.29, 1.82) is 0 Å². The lowest BCUT2D eigenvalue weighted by atomic mass is 9.94. The van der Waals surface area contributed by atoms with Crippen molar-refractivity contribution in [3.63, 3.8) is 0 Å². The second-order valence-electron chi connectivity index (χ2n) is 4.47. The smallest absolute Gasteiger partial charge is 0.118 e. The van der Waals surface area contributed by atoms with E-state index in [1.165, 1.54) is 18.2 Å². The van der Waals surface area contributed by atoms with Crippen molar-refractivity contribution in [2.45, 2.75) is 12.1 Å². The maximum atomic E-state index is 9.48. The zero-order valence-electron chi connectivity index (χ0n) is 10.4. The zero-order valence-corrected chi connectivity index (χ0v) is 11.9. The first kappa shape index (κ1) is 14.9. The quantitative estimate of drug-likeness (QED) is 0.700. The normalized spacial score (nSPS) is 14.0. The minimum atomic E-state index is -0.669. The van der Waals surface area contributed by atoms with Crippen molar-refractivity contribution in [2.24, 2.45) is 11.5 Å². The molecule has 106 valence electrons. The summed E-state index contributed by atoms with van der Waals surface area (Å²) in [6.45, 7) is 0. The standard InChI is InChI=1S/C14H14Cl2N2O2/c15-10-5-9(20)6-11(16)12(10)14(18)13(17)7-2-1-3-8(19)4-7/h1-6,13-14,19-20H,17-18H2. The van der Waals surface area contributed by atoms with Gasteiger partial charge in [-0.15, -0.1) is 0 Å². The number of benzene rings is 2. The van der Waals surface area contributed by atoms with Gasteiger partial charge in [0.25, 0.3) is 0 Å². The summed E-state index contributed by atoms with van der Waals surface area (Å²) in [6, 6.07) is 7.97. The van der Waals surface area contributed by atoms with Gasteiger partial charge in [0.2, 0.25) is 0 Å². The Hall–Kier alpha value is -1.46. The number of nitrogens with two attached hydrogens (primary N) is 2. The lowest BCUT2D eigenvalue weighted by Gasteiger charge is -2.23. The van der Waals surface area contributed by atoms with Crippen LogP contribution in [0.2, 0.25) is 10.0 Å². The number of phenols is 2. The van der Waals surface area contributed by atoms with E-state index in [1.807, 2.05) is 0 Å². The van der Waals surface area contributed by atoms with Gasteiger partial charge in [-0.1, -0.05) is 35.3 Å². The molecule has 2 rings (SSSR count). The molecule has 0 bridgehead atoms. The fraction of sp³-hybridized carbons (Fsp3) is 0.143. The minimum absolute atomic E-state index is 0.0399. The Labute approximate surface area is 126 Å². The predicted molar refractivity (Wildman–Crippen MR) is 80.1 cm³/mol. The summed E-state index contributed by atoms with van der Waals surface area (Å²) in [4.78, 5) is 0. The van der Waals surface area contributed by atoms with Crippen molar-refractivity contribution in [1.82, 2.24) is 0 Å². The van der Waals surface area contributed by atoms with Gasteiger partial charge < -0.3 is 21.7 Å². The number of hydrogen-bond acceptors (Lipinski definition) is 4. The molecule has 0 saturated heterocycles. The van der Waals surface area contributed by atoms with E-state index in [2.05, 4.69) is 0 Å². The largest absolute Gasteiger partial charge is 0.508 e. The highest BCUT2D eigenvalue weighted by Crippen LogP contribution is 2.37.